The van der Waals surface area contributed by atoms with E-state index in [-0.39, 0.29) is 12.2 Å². The Morgan fingerprint density at radius 2 is 1.60 bits per heavy atom. The summed E-state index contributed by atoms with van der Waals surface area (Å²) in [6, 6.07) is 0. The molecule has 0 aliphatic carbocycles. The second kappa shape index (κ2) is 5.81. The van der Waals surface area contributed by atoms with Crippen molar-refractivity contribution in [1.82, 2.24) is 5.14 Å². The predicted octanol–water partition coefficient (Wildman–Crippen LogP) is 0.940. The van der Waals surface area contributed by atoms with Crippen LogP contribution in [0.15, 0.2) is 0 Å². The number of hydrogen-bond donors (Lipinski definition) is 0. The Labute approximate surface area is 92.0 Å². The van der Waals surface area contributed by atoms with E-state index in [1.165, 1.54) is 0 Å². The fraction of sp³-hybridized carbons (Fsp3) is 1.00. The lowest BCUT2D eigenvalue weighted by Crippen LogP contribution is -2.32. The van der Waals surface area contributed by atoms with E-state index in [0.717, 1.165) is 0 Å². The van der Waals surface area contributed by atoms with Crippen molar-refractivity contribution in [3.63, 3.8) is 0 Å². The lowest BCUT2D eigenvalue weighted by atomic mass is 10.4. The van der Waals surface area contributed by atoms with Crippen LogP contribution in [-0.2, 0) is 19.9 Å². The van der Waals surface area contributed by atoms with Crippen molar-refractivity contribution in [3.8, 4) is 0 Å². The van der Waals surface area contributed by atoms with E-state index in [0.29, 0.717) is 19.3 Å². The topological polar surface area (TPSA) is 92.1 Å². The van der Waals surface area contributed by atoms with Crippen LogP contribution in [0.25, 0.3) is 0 Å². The third-order valence-electron chi connectivity index (χ3n) is 2.05. The van der Waals surface area contributed by atoms with Gasteiger partial charge in [0.1, 0.15) is 0 Å². The summed E-state index contributed by atoms with van der Waals surface area (Å²) >= 11 is 0. The summed E-state index contributed by atoms with van der Waals surface area (Å²) in [5.74, 6) is -0.147. The molecule has 1 atom stereocenters. The van der Waals surface area contributed by atoms with E-state index in [4.69, 9.17) is 5.14 Å². The first-order valence-corrected chi connectivity index (χ1v) is 8.22. The average molecular weight is 256 g/mol. The molecule has 0 aromatic rings. The molecule has 0 amide bonds. The second-order valence-corrected chi connectivity index (χ2v) is 7.74. The van der Waals surface area contributed by atoms with Crippen LogP contribution in [0.1, 0.15) is 39.5 Å². The van der Waals surface area contributed by atoms with E-state index < -0.39 is 24.4 Å². The zero-order valence-corrected chi connectivity index (χ0v) is 10.7. The predicted molar refractivity (Wildman–Crippen MR) is 59.4 cm³/mol. The van der Waals surface area contributed by atoms with E-state index in [2.05, 4.69) is 0 Å². The van der Waals surface area contributed by atoms with Crippen LogP contribution in [0.3, 0.4) is 0 Å². The van der Waals surface area contributed by atoms with Crippen LogP contribution in [0.5, 0.6) is 0 Å². The third kappa shape index (κ3) is 4.94. The first kappa shape index (κ1) is 14.9. The lowest BCUT2D eigenvalue weighted by Gasteiger charge is -2.13. The Morgan fingerprint density at radius 1 is 1.07 bits per heavy atom. The van der Waals surface area contributed by atoms with Gasteiger partial charge in [0.25, 0.3) is 0 Å². The molecule has 0 rings (SSSR count). The average Bonchev–Trinajstić information content (AvgIpc) is 2.09. The number of rotatable bonds is 7. The minimum absolute atomic E-state index is 0.0118. The fourth-order valence-corrected chi connectivity index (χ4v) is 5.17. The standard InChI is InChI=1S/C8H18NO4S2/c1-3-5-7-14(10,11)8(6-4-2)15(9,12)13/h8-9H,3-7H2,1-2H3. The molecule has 0 aliphatic rings. The SMILES string of the molecule is CCCCS(=O)(=O)C(CCC)S([NH])(=O)=O. The maximum absolute atomic E-state index is 11.6. The molecule has 0 aromatic heterocycles. The van der Waals surface area contributed by atoms with Gasteiger partial charge in [-0.05, 0) is 12.8 Å². The lowest BCUT2D eigenvalue weighted by molar-refractivity contribution is 0.565. The van der Waals surface area contributed by atoms with Gasteiger partial charge in [0.15, 0.2) is 14.4 Å². The normalized spacial score (nSPS) is 15.1. The number of sulfone groups is 1. The maximum atomic E-state index is 11.6. The molecule has 1 unspecified atom stereocenters. The van der Waals surface area contributed by atoms with Crippen molar-refractivity contribution >= 4 is 19.9 Å². The highest BCUT2D eigenvalue weighted by molar-refractivity contribution is 8.07. The molecular weight excluding hydrogens is 238 g/mol. The summed E-state index contributed by atoms with van der Waals surface area (Å²) < 4.78 is 43.8. The molecule has 1 radical (unpaired) electrons. The van der Waals surface area contributed by atoms with Crippen molar-refractivity contribution in [2.24, 2.45) is 0 Å². The van der Waals surface area contributed by atoms with Gasteiger partial charge in [-0.3, -0.25) is 0 Å². The Kier molecular flexibility index (Phi) is 5.76. The van der Waals surface area contributed by atoms with Crippen molar-refractivity contribution < 1.29 is 16.8 Å². The van der Waals surface area contributed by atoms with E-state index in [1.54, 1.807) is 6.92 Å². The summed E-state index contributed by atoms with van der Waals surface area (Å²) in [7, 11) is -7.93. The summed E-state index contributed by atoms with van der Waals surface area (Å²) in [5.41, 5.74) is 0. The van der Waals surface area contributed by atoms with Gasteiger partial charge in [-0.15, -0.1) is 5.14 Å². The highest BCUT2D eigenvalue weighted by Gasteiger charge is 2.34. The summed E-state index contributed by atoms with van der Waals surface area (Å²) in [5, 5.41) is 6.88. The van der Waals surface area contributed by atoms with Gasteiger partial charge in [-0.25, -0.2) is 16.8 Å². The van der Waals surface area contributed by atoms with Gasteiger partial charge in [0.05, 0.1) is 5.75 Å². The highest BCUT2D eigenvalue weighted by Crippen LogP contribution is 2.16. The number of unbranched alkanes of at least 4 members (excludes halogenated alkanes) is 1. The van der Waals surface area contributed by atoms with Crippen molar-refractivity contribution in [1.29, 1.82) is 0 Å². The molecule has 0 aromatic carbocycles. The first-order chi connectivity index (χ1) is 6.75. The minimum atomic E-state index is -4.25. The van der Waals surface area contributed by atoms with Crippen LogP contribution in [0, 0.1) is 0 Å². The van der Waals surface area contributed by atoms with Gasteiger partial charge in [0, 0.05) is 0 Å². The van der Waals surface area contributed by atoms with E-state index >= 15 is 0 Å². The number of hydrogen-bond acceptors (Lipinski definition) is 4. The molecular formula is C8H18NO4S2. The maximum Gasteiger partial charge on any atom is 0.242 e. The van der Waals surface area contributed by atoms with Gasteiger partial charge < -0.3 is 0 Å². The smallest absolute Gasteiger partial charge is 0.227 e. The van der Waals surface area contributed by atoms with Gasteiger partial charge in [-0.2, -0.15) is 0 Å². The second-order valence-electron chi connectivity index (χ2n) is 3.48. The molecule has 0 saturated heterocycles. The first-order valence-electron chi connectivity index (χ1n) is 4.95. The molecule has 15 heavy (non-hydrogen) atoms. The largest absolute Gasteiger partial charge is 0.242 e. The quantitative estimate of drug-likeness (QED) is 0.677. The third-order valence-corrected chi connectivity index (χ3v) is 6.52. The molecule has 1 N–H and O–H groups in total. The minimum Gasteiger partial charge on any atom is -0.227 e. The van der Waals surface area contributed by atoms with Crippen LogP contribution >= 0.6 is 0 Å². The molecule has 0 fully saturated rings. The van der Waals surface area contributed by atoms with Crippen LogP contribution < -0.4 is 5.14 Å². The molecule has 5 nitrogen and oxygen atoms in total. The summed E-state index contributed by atoms with van der Waals surface area (Å²) in [6.07, 6.45) is 1.58. The Bertz CT molecular complexity index is 371. The van der Waals surface area contributed by atoms with Gasteiger partial charge >= 0.3 is 0 Å². The monoisotopic (exact) mass is 256 g/mol. The molecule has 0 spiro atoms. The Morgan fingerprint density at radius 3 is 1.93 bits per heavy atom. The molecule has 7 heteroatoms. The van der Waals surface area contributed by atoms with Crippen molar-refractivity contribution in [2.45, 2.75) is 44.1 Å². The zero-order valence-electron chi connectivity index (χ0n) is 9.06. The Balaban J connectivity index is 4.93. The Hall–Kier alpha value is -0.140. The summed E-state index contributed by atoms with van der Waals surface area (Å²) in [6.45, 7) is 3.53. The van der Waals surface area contributed by atoms with E-state index in [9.17, 15) is 16.8 Å². The van der Waals surface area contributed by atoms with Crippen LogP contribution in [0.4, 0.5) is 0 Å². The van der Waals surface area contributed by atoms with Crippen molar-refractivity contribution in [3.05, 3.63) is 0 Å². The van der Waals surface area contributed by atoms with Gasteiger partial charge in [0.2, 0.25) is 10.0 Å². The van der Waals surface area contributed by atoms with E-state index in [1.807, 2.05) is 6.92 Å². The van der Waals surface area contributed by atoms with Crippen LogP contribution in [-0.4, -0.2) is 27.2 Å². The zero-order chi connectivity index (χ0) is 12.1. The number of sulfonamides is 1. The van der Waals surface area contributed by atoms with Crippen molar-refractivity contribution in [2.75, 3.05) is 5.75 Å². The molecule has 0 aliphatic heterocycles. The summed E-state index contributed by atoms with van der Waals surface area (Å²) in [4.78, 5) is 0. The van der Waals surface area contributed by atoms with Gasteiger partial charge in [-0.1, -0.05) is 26.7 Å². The molecule has 0 saturated carbocycles. The molecule has 91 valence electrons. The fourth-order valence-electron chi connectivity index (χ4n) is 1.24. The molecule has 0 heterocycles. The number of nitrogens with one attached hydrogen (secondary N) is 1. The molecule has 0 bridgehead atoms. The highest BCUT2D eigenvalue weighted by atomic mass is 32.3. The van der Waals surface area contributed by atoms with Crippen LogP contribution in [0.2, 0.25) is 0 Å².